The number of aliphatic imine (C=N–C) groups is 1. The molecule has 154 valence electrons. The van der Waals surface area contributed by atoms with Gasteiger partial charge >= 0.3 is 0 Å². The summed E-state index contributed by atoms with van der Waals surface area (Å²) in [5, 5.41) is 6.90. The Bertz CT molecular complexity index is 748. The molecule has 0 radical (unpaired) electrons. The van der Waals surface area contributed by atoms with Crippen molar-refractivity contribution in [2.75, 3.05) is 26.3 Å². The summed E-state index contributed by atoms with van der Waals surface area (Å²) in [5.41, 5.74) is 12.7. The van der Waals surface area contributed by atoms with Gasteiger partial charge in [-0.05, 0) is 49.4 Å². The first kappa shape index (κ1) is 24.0. The van der Waals surface area contributed by atoms with Crippen LogP contribution in [0, 0.1) is 0 Å². The predicted octanol–water partition coefficient (Wildman–Crippen LogP) is 2.34. The number of ether oxygens (including phenoxy) is 1. The van der Waals surface area contributed by atoms with Crippen LogP contribution in [0.4, 0.5) is 0 Å². The first-order valence-electron chi connectivity index (χ1n) is 8.79. The van der Waals surface area contributed by atoms with E-state index in [9.17, 15) is 4.79 Å². The number of nitrogens with two attached hydrogens (primary N) is 2. The van der Waals surface area contributed by atoms with E-state index >= 15 is 0 Å². The smallest absolute Gasteiger partial charge is 0.275 e. The van der Waals surface area contributed by atoms with Gasteiger partial charge in [-0.1, -0.05) is 29.3 Å². The number of amides is 1. The fraction of sp³-hybridized carbons (Fsp3) is 0.368. The lowest BCUT2D eigenvalue weighted by Crippen LogP contribution is -2.36. The highest BCUT2D eigenvalue weighted by molar-refractivity contribution is 6.45. The van der Waals surface area contributed by atoms with Crippen LogP contribution in [0.5, 0.6) is 0 Å². The Balaban J connectivity index is 2.72. The zero-order valence-corrected chi connectivity index (χ0v) is 17.6. The van der Waals surface area contributed by atoms with Crippen LogP contribution >= 0.6 is 23.2 Å². The summed E-state index contributed by atoms with van der Waals surface area (Å²) in [7, 11) is 0. The number of halogens is 2. The Kier molecular flexibility index (Phi) is 11.3. The average Bonchev–Trinajstić information content (AvgIpc) is 2.69. The van der Waals surface area contributed by atoms with Gasteiger partial charge in [-0.15, -0.1) is 0 Å². The van der Waals surface area contributed by atoms with E-state index in [1.807, 2.05) is 6.07 Å². The second-order valence-corrected chi connectivity index (χ2v) is 6.55. The molecule has 0 fully saturated rings. The van der Waals surface area contributed by atoms with Crippen LogP contribution in [-0.4, -0.2) is 37.9 Å². The first-order chi connectivity index (χ1) is 13.4. The molecule has 0 aliphatic heterocycles. The van der Waals surface area contributed by atoms with Crippen LogP contribution < -0.4 is 22.1 Å². The van der Waals surface area contributed by atoms with E-state index in [2.05, 4.69) is 15.6 Å². The lowest BCUT2D eigenvalue weighted by atomic mass is 10.2. The van der Waals surface area contributed by atoms with Gasteiger partial charge in [-0.3, -0.25) is 9.79 Å². The van der Waals surface area contributed by atoms with Gasteiger partial charge in [0.25, 0.3) is 5.91 Å². The molecule has 7 nitrogen and oxygen atoms in total. The number of benzene rings is 1. The van der Waals surface area contributed by atoms with Crippen LogP contribution in [0.15, 0.2) is 46.9 Å². The summed E-state index contributed by atoms with van der Waals surface area (Å²) in [5.74, 6) is 0.167. The molecule has 0 saturated heterocycles. The monoisotopic (exact) mass is 427 g/mol. The van der Waals surface area contributed by atoms with Crippen molar-refractivity contribution in [1.82, 2.24) is 10.6 Å². The Morgan fingerprint density at radius 1 is 1.29 bits per heavy atom. The van der Waals surface area contributed by atoms with Crippen molar-refractivity contribution in [1.29, 1.82) is 0 Å². The van der Waals surface area contributed by atoms with Crippen molar-refractivity contribution >= 4 is 34.8 Å². The van der Waals surface area contributed by atoms with E-state index < -0.39 is 0 Å². The second-order valence-electron chi connectivity index (χ2n) is 5.74. The number of carbonyl (C=O) groups is 1. The molecule has 1 rings (SSSR count). The molecule has 0 aromatic heterocycles. The van der Waals surface area contributed by atoms with Crippen LogP contribution in [0.25, 0.3) is 0 Å². The van der Waals surface area contributed by atoms with Crippen LogP contribution in [0.1, 0.15) is 19.4 Å². The zero-order valence-electron chi connectivity index (χ0n) is 16.1. The molecule has 1 aromatic carbocycles. The third kappa shape index (κ3) is 8.31. The lowest BCUT2D eigenvalue weighted by Gasteiger charge is -2.14. The van der Waals surface area contributed by atoms with E-state index in [0.29, 0.717) is 54.3 Å². The van der Waals surface area contributed by atoms with Gasteiger partial charge in [-0.2, -0.15) is 0 Å². The molecule has 28 heavy (non-hydrogen) atoms. The average molecular weight is 428 g/mol. The largest absolute Gasteiger partial charge is 0.404 e. The predicted molar refractivity (Wildman–Crippen MR) is 115 cm³/mol. The molecule has 0 unspecified atom stereocenters. The fourth-order valence-corrected chi connectivity index (χ4v) is 2.43. The molecule has 0 spiro atoms. The molecule has 1 amide bonds. The van der Waals surface area contributed by atoms with Gasteiger partial charge in [0.05, 0.1) is 29.8 Å². The van der Waals surface area contributed by atoms with E-state index in [1.54, 1.807) is 32.1 Å². The molecule has 1 aromatic rings. The number of allylic oxidation sites excluding steroid dienone is 1. The molecular formula is C19H27Cl2N5O2. The summed E-state index contributed by atoms with van der Waals surface area (Å²) in [6.45, 7) is 5.58. The molecule has 0 aliphatic rings. The Labute approximate surface area is 175 Å². The van der Waals surface area contributed by atoms with E-state index in [-0.39, 0.29) is 11.6 Å². The molecule has 0 aliphatic carbocycles. The van der Waals surface area contributed by atoms with Crippen LogP contribution in [0.2, 0.25) is 10.0 Å². The van der Waals surface area contributed by atoms with Gasteiger partial charge in [0, 0.05) is 13.1 Å². The van der Waals surface area contributed by atoms with Crippen molar-refractivity contribution < 1.29 is 9.53 Å². The zero-order chi connectivity index (χ0) is 20.9. The van der Waals surface area contributed by atoms with Gasteiger partial charge in [0.2, 0.25) is 0 Å². The first-order valence-corrected chi connectivity index (χ1v) is 9.55. The van der Waals surface area contributed by atoms with Crippen molar-refractivity contribution in [3.8, 4) is 0 Å². The van der Waals surface area contributed by atoms with Crippen molar-refractivity contribution in [3.63, 3.8) is 0 Å². The van der Waals surface area contributed by atoms with Gasteiger partial charge in [0.1, 0.15) is 11.5 Å². The topological polar surface area (TPSA) is 115 Å². The van der Waals surface area contributed by atoms with Crippen LogP contribution in [0.3, 0.4) is 0 Å². The molecule has 9 heteroatoms. The van der Waals surface area contributed by atoms with Gasteiger partial charge in [0.15, 0.2) is 0 Å². The quantitative estimate of drug-likeness (QED) is 0.319. The third-order valence-corrected chi connectivity index (χ3v) is 4.35. The maximum Gasteiger partial charge on any atom is 0.275 e. The number of carbonyl (C=O) groups excluding carboxylic acids is 1. The normalized spacial score (nSPS) is 12.8. The summed E-state index contributed by atoms with van der Waals surface area (Å²) in [6, 6.07) is 5.34. The SMILES string of the molecule is C/C=C(\NCc1ccc(Cl)c(Cl)c1)NC(=O)C(=NCCOCCN)C(C)=CN. The number of nitrogens with zero attached hydrogens (tertiary/aromatic N) is 1. The Morgan fingerprint density at radius 3 is 2.64 bits per heavy atom. The van der Waals surface area contributed by atoms with Crippen LogP contribution in [-0.2, 0) is 16.1 Å². The van der Waals surface area contributed by atoms with Gasteiger partial charge < -0.3 is 26.8 Å². The maximum atomic E-state index is 12.6. The standard InChI is InChI=1S/C19H27Cl2N5O2/c1-3-17(25-12-14-4-5-15(20)16(21)10-14)26-19(27)18(13(2)11-23)24-7-9-28-8-6-22/h3-5,10-11,25H,6-9,12,22-23H2,1-2H3,(H,26,27)/b13-11?,17-3+,24-18?. The van der Waals surface area contributed by atoms with Crippen molar-refractivity contribution in [2.24, 2.45) is 16.5 Å². The highest BCUT2D eigenvalue weighted by Gasteiger charge is 2.14. The number of hydrogen-bond donors (Lipinski definition) is 4. The Morgan fingerprint density at radius 2 is 2.04 bits per heavy atom. The molecule has 0 atom stereocenters. The molecule has 0 saturated carbocycles. The third-order valence-electron chi connectivity index (χ3n) is 3.61. The minimum Gasteiger partial charge on any atom is -0.404 e. The summed E-state index contributed by atoms with van der Waals surface area (Å²) in [4.78, 5) is 16.9. The van der Waals surface area contributed by atoms with Crippen molar-refractivity contribution in [3.05, 3.63) is 57.5 Å². The minimum absolute atomic E-state index is 0.245. The molecule has 0 heterocycles. The second kappa shape index (κ2) is 13.2. The number of nitrogens with one attached hydrogen (secondary N) is 2. The number of rotatable bonds is 11. The highest BCUT2D eigenvalue weighted by atomic mass is 35.5. The van der Waals surface area contributed by atoms with E-state index in [0.717, 1.165) is 5.56 Å². The molecule has 6 N–H and O–H groups in total. The summed E-state index contributed by atoms with van der Waals surface area (Å²) < 4.78 is 5.28. The Hall–Kier alpha value is -2.06. The maximum absolute atomic E-state index is 12.6. The van der Waals surface area contributed by atoms with Gasteiger partial charge in [-0.25, -0.2) is 0 Å². The van der Waals surface area contributed by atoms with Crippen molar-refractivity contribution in [2.45, 2.75) is 20.4 Å². The van der Waals surface area contributed by atoms with E-state index in [4.69, 9.17) is 39.4 Å². The molecular weight excluding hydrogens is 401 g/mol. The number of hydrogen-bond acceptors (Lipinski definition) is 6. The fourth-order valence-electron chi connectivity index (χ4n) is 2.11. The molecule has 0 bridgehead atoms. The highest BCUT2D eigenvalue weighted by Crippen LogP contribution is 2.22. The summed E-state index contributed by atoms with van der Waals surface area (Å²) in [6.07, 6.45) is 3.09. The van der Waals surface area contributed by atoms with E-state index in [1.165, 1.54) is 6.20 Å². The summed E-state index contributed by atoms with van der Waals surface area (Å²) >= 11 is 11.9. The lowest BCUT2D eigenvalue weighted by molar-refractivity contribution is -0.114. The minimum atomic E-state index is -0.368.